The molecule has 0 spiro atoms. The molecule has 0 aromatic heterocycles. The smallest absolute Gasteiger partial charge is 0.340 e. The summed E-state index contributed by atoms with van der Waals surface area (Å²) in [5.74, 6) is -4.54. The SMILES string of the molecule is C=C(C)C(=O)NCC(=O)NCC(=O)NCC(=O)NC(C(=O)OCCCC)C(=O)OCCCC. The highest BCUT2D eigenvalue weighted by Crippen LogP contribution is 1.99. The number of carbonyl (C=O) groups excluding carboxylic acids is 6. The lowest BCUT2D eigenvalue weighted by Crippen LogP contribution is -2.51. The maximum absolute atomic E-state index is 12.2. The Morgan fingerprint density at radius 1 is 0.727 bits per heavy atom. The van der Waals surface area contributed by atoms with Crippen molar-refractivity contribution < 1.29 is 38.2 Å². The molecule has 0 unspecified atom stereocenters. The van der Waals surface area contributed by atoms with Crippen molar-refractivity contribution >= 4 is 35.6 Å². The fourth-order valence-corrected chi connectivity index (χ4v) is 2.02. The molecule has 186 valence electrons. The molecule has 0 rings (SSSR count). The van der Waals surface area contributed by atoms with Crippen molar-refractivity contribution in [1.82, 2.24) is 21.3 Å². The standard InChI is InChI=1S/C21H34N4O8/c1-5-7-9-32-20(30)18(21(31)33-10-8-6-2)25-17(28)13-23-15(26)11-22-16(27)12-24-19(29)14(3)4/h18H,3,5-13H2,1-2,4H3,(H,22,27)(H,23,26)(H,24,29)(H,25,28). The summed E-state index contributed by atoms with van der Waals surface area (Å²) in [7, 11) is 0. The quantitative estimate of drug-likeness (QED) is 0.0972. The van der Waals surface area contributed by atoms with E-state index in [1.54, 1.807) is 0 Å². The molecule has 0 aromatic carbocycles. The van der Waals surface area contributed by atoms with E-state index in [1.165, 1.54) is 6.92 Å². The lowest BCUT2D eigenvalue weighted by atomic mass is 10.3. The molecule has 0 radical (unpaired) electrons. The summed E-state index contributed by atoms with van der Waals surface area (Å²) in [6.07, 6.45) is 2.73. The lowest BCUT2D eigenvalue weighted by molar-refractivity contribution is -0.160. The molecule has 4 N–H and O–H groups in total. The van der Waals surface area contributed by atoms with Crippen LogP contribution < -0.4 is 21.3 Å². The Hall–Kier alpha value is -3.44. The van der Waals surface area contributed by atoms with Crippen molar-refractivity contribution in [2.45, 2.75) is 52.5 Å². The average Bonchev–Trinajstić information content (AvgIpc) is 2.78. The minimum atomic E-state index is -1.65. The molecule has 0 aliphatic carbocycles. The minimum Gasteiger partial charge on any atom is -0.464 e. The van der Waals surface area contributed by atoms with Gasteiger partial charge in [0.2, 0.25) is 29.7 Å². The molecule has 0 aliphatic heterocycles. The summed E-state index contributed by atoms with van der Waals surface area (Å²) in [6.45, 7) is 7.53. The van der Waals surface area contributed by atoms with Crippen molar-refractivity contribution in [2.75, 3.05) is 32.8 Å². The molecule has 4 amide bonds. The Balaban J connectivity index is 4.56. The van der Waals surface area contributed by atoms with E-state index in [-0.39, 0.29) is 25.3 Å². The van der Waals surface area contributed by atoms with Gasteiger partial charge in [-0.1, -0.05) is 33.3 Å². The van der Waals surface area contributed by atoms with Crippen LogP contribution in [0.4, 0.5) is 0 Å². The average molecular weight is 471 g/mol. The normalized spacial score (nSPS) is 10.1. The van der Waals surface area contributed by atoms with Gasteiger partial charge in [0.1, 0.15) is 0 Å². The van der Waals surface area contributed by atoms with Gasteiger partial charge < -0.3 is 30.7 Å². The van der Waals surface area contributed by atoms with Gasteiger partial charge in [0.25, 0.3) is 0 Å². The van der Waals surface area contributed by atoms with Crippen LogP contribution in [-0.4, -0.2) is 74.5 Å². The first-order valence-electron chi connectivity index (χ1n) is 10.7. The first-order valence-corrected chi connectivity index (χ1v) is 10.7. The molecule has 0 aromatic rings. The second-order valence-electron chi connectivity index (χ2n) is 7.06. The Kier molecular flexibility index (Phi) is 15.4. The maximum atomic E-state index is 12.2. The van der Waals surface area contributed by atoms with Crippen molar-refractivity contribution in [3.63, 3.8) is 0 Å². The predicted molar refractivity (Wildman–Crippen MR) is 118 cm³/mol. The molecule has 0 saturated heterocycles. The number of hydrogen-bond acceptors (Lipinski definition) is 8. The van der Waals surface area contributed by atoms with Gasteiger partial charge in [-0.05, 0) is 19.8 Å². The topological polar surface area (TPSA) is 169 Å². The third-order valence-electron chi connectivity index (χ3n) is 3.95. The van der Waals surface area contributed by atoms with Gasteiger partial charge in [-0.15, -0.1) is 0 Å². The molecule has 0 saturated carbocycles. The maximum Gasteiger partial charge on any atom is 0.340 e. The molecule has 0 aliphatic rings. The fraction of sp³-hybridized carbons (Fsp3) is 0.619. The fourth-order valence-electron chi connectivity index (χ4n) is 2.02. The van der Waals surface area contributed by atoms with E-state index < -0.39 is 54.7 Å². The Labute approximate surface area is 193 Å². The van der Waals surface area contributed by atoms with Crippen LogP contribution in [0.2, 0.25) is 0 Å². The molecular weight excluding hydrogens is 436 g/mol. The van der Waals surface area contributed by atoms with Gasteiger partial charge in [0, 0.05) is 5.57 Å². The first-order chi connectivity index (χ1) is 15.6. The third-order valence-corrected chi connectivity index (χ3v) is 3.95. The number of unbranched alkanes of at least 4 members (excludes halogenated alkanes) is 2. The number of carbonyl (C=O) groups is 6. The second kappa shape index (κ2) is 17.2. The number of ether oxygens (including phenoxy) is 2. The number of amides is 4. The second-order valence-corrected chi connectivity index (χ2v) is 7.06. The highest BCUT2D eigenvalue weighted by Gasteiger charge is 2.31. The van der Waals surface area contributed by atoms with Crippen LogP contribution in [0.1, 0.15) is 46.5 Å². The number of rotatable bonds is 16. The molecule has 0 bridgehead atoms. The molecule has 33 heavy (non-hydrogen) atoms. The molecule has 12 nitrogen and oxygen atoms in total. The van der Waals surface area contributed by atoms with E-state index in [0.29, 0.717) is 12.8 Å². The van der Waals surface area contributed by atoms with E-state index in [1.807, 2.05) is 13.8 Å². The monoisotopic (exact) mass is 470 g/mol. The summed E-state index contributed by atoms with van der Waals surface area (Å²) >= 11 is 0. The van der Waals surface area contributed by atoms with Crippen LogP contribution in [0.3, 0.4) is 0 Å². The summed E-state index contributed by atoms with van der Waals surface area (Å²) in [6, 6.07) is -1.65. The van der Waals surface area contributed by atoms with Crippen LogP contribution in [0.25, 0.3) is 0 Å². The van der Waals surface area contributed by atoms with E-state index >= 15 is 0 Å². The van der Waals surface area contributed by atoms with Gasteiger partial charge in [0.15, 0.2) is 0 Å². The zero-order chi connectivity index (χ0) is 25.2. The van der Waals surface area contributed by atoms with Gasteiger partial charge in [0.05, 0.1) is 32.8 Å². The van der Waals surface area contributed by atoms with Crippen LogP contribution in [0.15, 0.2) is 12.2 Å². The number of nitrogens with one attached hydrogen (secondary N) is 4. The van der Waals surface area contributed by atoms with Crippen LogP contribution in [0.5, 0.6) is 0 Å². The van der Waals surface area contributed by atoms with Crippen LogP contribution in [0, 0.1) is 0 Å². The van der Waals surface area contributed by atoms with E-state index in [2.05, 4.69) is 27.8 Å². The minimum absolute atomic E-state index is 0.0905. The first kappa shape index (κ1) is 29.6. The number of hydrogen-bond donors (Lipinski definition) is 4. The molecule has 0 heterocycles. The highest BCUT2D eigenvalue weighted by atomic mass is 16.6. The largest absolute Gasteiger partial charge is 0.464 e. The number of esters is 2. The van der Waals surface area contributed by atoms with E-state index in [0.717, 1.165) is 12.8 Å². The summed E-state index contributed by atoms with van der Waals surface area (Å²) < 4.78 is 9.99. The zero-order valence-electron chi connectivity index (χ0n) is 19.4. The Morgan fingerprint density at radius 3 is 1.58 bits per heavy atom. The molecule has 0 fully saturated rings. The van der Waals surface area contributed by atoms with Gasteiger partial charge in [-0.25, -0.2) is 9.59 Å². The van der Waals surface area contributed by atoms with E-state index in [4.69, 9.17) is 9.47 Å². The molecular formula is C21H34N4O8. The Bertz CT molecular complexity index is 701. The predicted octanol–water partition coefficient (Wildman–Crippen LogP) is -0.917. The summed E-state index contributed by atoms with van der Waals surface area (Å²) in [5, 5.41) is 8.99. The van der Waals surface area contributed by atoms with Crippen molar-refractivity contribution in [2.24, 2.45) is 0 Å². The van der Waals surface area contributed by atoms with Gasteiger partial charge in [-0.2, -0.15) is 0 Å². The summed E-state index contributed by atoms with van der Waals surface area (Å²) in [4.78, 5) is 71.2. The molecule has 0 atom stereocenters. The zero-order valence-corrected chi connectivity index (χ0v) is 19.4. The highest BCUT2D eigenvalue weighted by molar-refractivity contribution is 6.03. The van der Waals surface area contributed by atoms with Crippen LogP contribution >= 0.6 is 0 Å². The van der Waals surface area contributed by atoms with Crippen molar-refractivity contribution in [3.05, 3.63) is 12.2 Å². The molecule has 12 heteroatoms. The van der Waals surface area contributed by atoms with Crippen molar-refractivity contribution in [1.29, 1.82) is 0 Å². The summed E-state index contributed by atoms with van der Waals surface area (Å²) in [5.41, 5.74) is 0.230. The van der Waals surface area contributed by atoms with Crippen LogP contribution in [-0.2, 0) is 38.2 Å². The Morgan fingerprint density at radius 2 is 1.15 bits per heavy atom. The van der Waals surface area contributed by atoms with Gasteiger partial charge in [-0.3, -0.25) is 19.2 Å². The van der Waals surface area contributed by atoms with E-state index in [9.17, 15) is 28.8 Å². The third kappa shape index (κ3) is 14.3. The lowest BCUT2D eigenvalue weighted by Gasteiger charge is -2.17. The van der Waals surface area contributed by atoms with Gasteiger partial charge >= 0.3 is 11.9 Å². The van der Waals surface area contributed by atoms with Crippen molar-refractivity contribution in [3.8, 4) is 0 Å².